The van der Waals surface area contributed by atoms with Crippen molar-refractivity contribution in [3.63, 3.8) is 0 Å². The van der Waals surface area contributed by atoms with Crippen molar-refractivity contribution in [2.75, 3.05) is 0 Å². The van der Waals surface area contributed by atoms with Gasteiger partial charge < -0.3 is 4.74 Å². The number of ether oxygens (including phenoxy) is 1. The van der Waals surface area contributed by atoms with Gasteiger partial charge in [-0.3, -0.25) is 13.8 Å². The minimum atomic E-state index is -0.493. The summed E-state index contributed by atoms with van der Waals surface area (Å²) in [6.45, 7) is 1.91. The van der Waals surface area contributed by atoms with E-state index in [9.17, 15) is 9.59 Å². The maximum Gasteiger partial charge on any atom is 0.339 e. The molecule has 0 aliphatic heterocycles. The average Bonchev–Trinajstić information content (AvgIpc) is 3.34. The molecule has 0 saturated carbocycles. The highest BCUT2D eigenvalue weighted by Gasteiger charge is 2.19. The second-order valence-corrected chi connectivity index (χ2v) is 8.65. The van der Waals surface area contributed by atoms with Crippen LogP contribution in [0.25, 0.3) is 38.8 Å². The molecule has 3 heterocycles. The van der Waals surface area contributed by atoms with Crippen LogP contribution in [-0.2, 0) is 18.4 Å². The molecule has 3 aromatic heterocycles. The molecule has 36 heavy (non-hydrogen) atoms. The van der Waals surface area contributed by atoms with E-state index in [0.29, 0.717) is 44.7 Å². The first-order valence-electron chi connectivity index (χ1n) is 11.5. The molecule has 8 nitrogen and oxygen atoms in total. The fraction of sp³-hybridized carbons (Fsp3) is 0.107. The summed E-state index contributed by atoms with van der Waals surface area (Å²) in [5.74, 6) is 0.302. The minimum absolute atomic E-state index is 0.112. The molecule has 0 aliphatic rings. The van der Waals surface area contributed by atoms with Crippen molar-refractivity contribution in [3.8, 4) is 11.3 Å². The number of para-hydroxylation sites is 2. The first-order valence-corrected chi connectivity index (χ1v) is 11.5. The zero-order valence-electron chi connectivity index (χ0n) is 19.7. The molecular formula is C28H21N5O3. The summed E-state index contributed by atoms with van der Waals surface area (Å²) >= 11 is 0. The van der Waals surface area contributed by atoms with Crippen LogP contribution >= 0.6 is 0 Å². The van der Waals surface area contributed by atoms with Crippen molar-refractivity contribution in [1.29, 1.82) is 0 Å². The third-order valence-corrected chi connectivity index (χ3v) is 6.31. The smallest absolute Gasteiger partial charge is 0.339 e. The van der Waals surface area contributed by atoms with Gasteiger partial charge in [-0.2, -0.15) is 0 Å². The fourth-order valence-corrected chi connectivity index (χ4v) is 4.41. The Morgan fingerprint density at radius 2 is 1.64 bits per heavy atom. The number of aryl methyl sites for hydroxylation is 2. The molecule has 0 unspecified atom stereocenters. The van der Waals surface area contributed by atoms with Gasteiger partial charge in [0.05, 0.1) is 27.7 Å². The van der Waals surface area contributed by atoms with Crippen LogP contribution in [-0.4, -0.2) is 30.1 Å². The Bertz CT molecular complexity index is 1850. The predicted molar refractivity (Wildman–Crippen MR) is 137 cm³/mol. The number of hydrogen-bond donors (Lipinski definition) is 0. The largest absolute Gasteiger partial charge is 0.454 e. The minimum Gasteiger partial charge on any atom is -0.454 e. The van der Waals surface area contributed by atoms with Crippen molar-refractivity contribution in [2.45, 2.75) is 13.5 Å². The van der Waals surface area contributed by atoms with E-state index < -0.39 is 5.97 Å². The summed E-state index contributed by atoms with van der Waals surface area (Å²) in [5, 5.41) is 9.61. The Morgan fingerprint density at radius 1 is 0.917 bits per heavy atom. The lowest BCUT2D eigenvalue weighted by molar-refractivity contribution is 0.0464. The second kappa shape index (κ2) is 8.42. The molecule has 176 valence electrons. The van der Waals surface area contributed by atoms with Gasteiger partial charge in [0.1, 0.15) is 0 Å². The van der Waals surface area contributed by atoms with Gasteiger partial charge in [0.15, 0.2) is 12.4 Å². The highest BCUT2D eigenvalue weighted by molar-refractivity contribution is 6.04. The van der Waals surface area contributed by atoms with Gasteiger partial charge in [-0.1, -0.05) is 60.2 Å². The first kappa shape index (κ1) is 21.7. The predicted octanol–water partition coefficient (Wildman–Crippen LogP) is 4.46. The average molecular weight is 476 g/mol. The molecule has 3 aromatic carbocycles. The molecular weight excluding hydrogens is 454 g/mol. The van der Waals surface area contributed by atoms with Crippen LogP contribution in [0.15, 0.2) is 83.7 Å². The quantitative estimate of drug-likeness (QED) is 0.350. The van der Waals surface area contributed by atoms with Crippen molar-refractivity contribution in [3.05, 3.63) is 106 Å². The molecule has 6 aromatic rings. The van der Waals surface area contributed by atoms with Gasteiger partial charge in [-0.15, -0.1) is 10.2 Å². The van der Waals surface area contributed by atoms with E-state index in [1.54, 1.807) is 29.6 Å². The first-order chi connectivity index (χ1) is 17.5. The maximum absolute atomic E-state index is 13.3. The summed E-state index contributed by atoms with van der Waals surface area (Å²) in [6.07, 6.45) is 0. The lowest BCUT2D eigenvalue weighted by atomic mass is 10.0. The fourth-order valence-electron chi connectivity index (χ4n) is 4.41. The SMILES string of the molecule is Cc1ccc(-c2cc(C(=O)OCc3nnc4n(C)c(=O)c5ccccc5n34)c3ccccc3n2)cc1. The van der Waals surface area contributed by atoms with Crippen molar-refractivity contribution in [2.24, 2.45) is 7.05 Å². The van der Waals surface area contributed by atoms with Crippen LogP contribution in [0.5, 0.6) is 0 Å². The normalized spacial score (nSPS) is 11.4. The topological polar surface area (TPSA) is 91.4 Å². The summed E-state index contributed by atoms with van der Waals surface area (Å²) in [5.41, 5.74) is 4.36. The number of carbonyl (C=O) groups excluding carboxylic acids is 1. The number of aromatic nitrogens is 5. The standard InChI is InChI=1S/C28H21N5O3/c1-17-11-13-18(14-12-17)23-15-21(19-7-3-5-9-22(19)29-23)27(35)36-16-25-30-31-28-32(2)26(34)20-8-4-6-10-24(20)33(25)28/h3-15H,16H2,1-2H3. The zero-order chi connectivity index (χ0) is 24.8. The number of benzene rings is 3. The third-order valence-electron chi connectivity index (χ3n) is 6.31. The monoisotopic (exact) mass is 475 g/mol. The number of pyridine rings is 1. The maximum atomic E-state index is 13.3. The highest BCUT2D eigenvalue weighted by atomic mass is 16.5. The van der Waals surface area contributed by atoms with Gasteiger partial charge in [0.25, 0.3) is 5.56 Å². The molecule has 0 aliphatic carbocycles. The van der Waals surface area contributed by atoms with E-state index in [2.05, 4.69) is 10.2 Å². The number of carbonyl (C=O) groups is 1. The molecule has 6 rings (SSSR count). The summed E-state index contributed by atoms with van der Waals surface area (Å²) in [6, 6.07) is 24.5. The lowest BCUT2D eigenvalue weighted by Crippen LogP contribution is -2.20. The van der Waals surface area contributed by atoms with Crippen LogP contribution in [0.4, 0.5) is 0 Å². The van der Waals surface area contributed by atoms with E-state index in [0.717, 1.165) is 11.1 Å². The number of esters is 1. The number of nitrogens with zero attached hydrogens (tertiary/aromatic N) is 5. The molecule has 0 N–H and O–H groups in total. The van der Waals surface area contributed by atoms with E-state index in [4.69, 9.17) is 9.72 Å². The summed E-state index contributed by atoms with van der Waals surface area (Å²) < 4.78 is 8.92. The van der Waals surface area contributed by atoms with Crippen LogP contribution < -0.4 is 5.56 Å². The third kappa shape index (κ3) is 3.51. The molecule has 0 bridgehead atoms. The number of fused-ring (bicyclic) bond motifs is 4. The van der Waals surface area contributed by atoms with Crippen LogP contribution in [0.3, 0.4) is 0 Å². The Kier molecular flexibility index (Phi) is 5.07. The van der Waals surface area contributed by atoms with Gasteiger partial charge in [-0.25, -0.2) is 9.78 Å². The van der Waals surface area contributed by atoms with Crippen LogP contribution in [0, 0.1) is 6.92 Å². The van der Waals surface area contributed by atoms with Crippen LogP contribution in [0.2, 0.25) is 0 Å². The Labute approximate surface area is 205 Å². The molecule has 0 atom stereocenters. The van der Waals surface area contributed by atoms with Crippen LogP contribution in [0.1, 0.15) is 21.7 Å². The molecule has 0 radical (unpaired) electrons. The molecule has 0 amide bonds. The van der Waals surface area contributed by atoms with Gasteiger partial charge in [0, 0.05) is 18.0 Å². The van der Waals surface area contributed by atoms with E-state index >= 15 is 0 Å². The summed E-state index contributed by atoms with van der Waals surface area (Å²) in [7, 11) is 1.64. The van der Waals surface area contributed by atoms with E-state index in [1.165, 1.54) is 4.57 Å². The van der Waals surface area contributed by atoms with Crippen molar-refractivity contribution in [1.82, 2.24) is 24.1 Å². The van der Waals surface area contributed by atoms with Gasteiger partial charge >= 0.3 is 5.97 Å². The highest BCUT2D eigenvalue weighted by Crippen LogP contribution is 2.26. The summed E-state index contributed by atoms with van der Waals surface area (Å²) in [4.78, 5) is 30.8. The molecule has 0 fully saturated rings. The Balaban J connectivity index is 1.40. The zero-order valence-corrected chi connectivity index (χ0v) is 19.7. The van der Waals surface area contributed by atoms with E-state index in [1.807, 2.05) is 67.6 Å². The van der Waals surface area contributed by atoms with E-state index in [-0.39, 0.29) is 12.2 Å². The van der Waals surface area contributed by atoms with Gasteiger partial charge in [-0.05, 0) is 31.2 Å². The molecule has 0 saturated heterocycles. The molecule has 0 spiro atoms. The van der Waals surface area contributed by atoms with Gasteiger partial charge in [0.2, 0.25) is 5.78 Å². The lowest BCUT2D eigenvalue weighted by Gasteiger charge is -2.11. The molecule has 8 heteroatoms. The van der Waals surface area contributed by atoms with Crippen molar-refractivity contribution < 1.29 is 9.53 Å². The Hall–Kier alpha value is -4.85. The second-order valence-electron chi connectivity index (χ2n) is 8.65. The van der Waals surface area contributed by atoms with Crippen molar-refractivity contribution >= 4 is 33.6 Å². The number of hydrogen-bond acceptors (Lipinski definition) is 6. The number of rotatable bonds is 4. The Morgan fingerprint density at radius 3 is 2.44 bits per heavy atom.